The number of esters is 1. The molecule has 0 rings (SSSR count). The number of hydrogen-bond acceptors (Lipinski definition) is 4. The summed E-state index contributed by atoms with van der Waals surface area (Å²) in [5.74, 6) is 2.45. The summed E-state index contributed by atoms with van der Waals surface area (Å²) < 4.78 is 4.67. The molecule has 1 N–H and O–H groups in total. The molecule has 3 nitrogen and oxygen atoms in total. The molecule has 0 aliphatic rings. The second-order valence-electron chi connectivity index (χ2n) is 3.62. The molecule has 0 aliphatic carbocycles. The Morgan fingerprint density at radius 3 is 2.57 bits per heavy atom. The third-order valence-electron chi connectivity index (χ3n) is 1.96. The molecule has 0 fully saturated rings. The molecule has 0 heterocycles. The van der Waals surface area contributed by atoms with Crippen LogP contribution in [0, 0.1) is 5.92 Å². The Kier molecular flexibility index (Phi) is 7.99. The van der Waals surface area contributed by atoms with Crippen molar-refractivity contribution < 1.29 is 9.53 Å². The largest absolute Gasteiger partial charge is 0.468 e. The standard InChI is InChI=1S/C10H21NO2S/c1-8(2)5-6-14-7-9(11-3)10(12)13-4/h8-9,11H,5-7H2,1-4H3. The van der Waals surface area contributed by atoms with Gasteiger partial charge in [-0.25, -0.2) is 0 Å². The Morgan fingerprint density at radius 2 is 2.14 bits per heavy atom. The first kappa shape index (κ1) is 13.8. The number of carbonyl (C=O) groups excluding carboxylic acids is 1. The van der Waals surface area contributed by atoms with Crippen LogP contribution in [0.3, 0.4) is 0 Å². The van der Waals surface area contributed by atoms with Crippen LogP contribution in [0.25, 0.3) is 0 Å². The van der Waals surface area contributed by atoms with Gasteiger partial charge in [-0.1, -0.05) is 13.8 Å². The van der Waals surface area contributed by atoms with Crippen molar-refractivity contribution >= 4 is 17.7 Å². The van der Waals surface area contributed by atoms with E-state index in [9.17, 15) is 4.79 Å². The van der Waals surface area contributed by atoms with Crippen LogP contribution in [0.15, 0.2) is 0 Å². The third kappa shape index (κ3) is 6.27. The van der Waals surface area contributed by atoms with Gasteiger partial charge in [0.15, 0.2) is 0 Å². The van der Waals surface area contributed by atoms with E-state index in [0.29, 0.717) is 0 Å². The molecule has 0 saturated carbocycles. The molecule has 0 aromatic carbocycles. The Hall–Kier alpha value is -0.220. The molecule has 1 atom stereocenters. The van der Waals surface area contributed by atoms with Crippen LogP contribution in [-0.4, -0.2) is 37.7 Å². The molecule has 0 amide bonds. The molecule has 0 aromatic rings. The average molecular weight is 219 g/mol. The molecule has 0 radical (unpaired) electrons. The van der Waals surface area contributed by atoms with Crippen molar-refractivity contribution in [2.45, 2.75) is 26.3 Å². The van der Waals surface area contributed by atoms with E-state index in [-0.39, 0.29) is 12.0 Å². The second-order valence-corrected chi connectivity index (χ2v) is 4.77. The van der Waals surface area contributed by atoms with Gasteiger partial charge in [0.05, 0.1) is 7.11 Å². The topological polar surface area (TPSA) is 38.3 Å². The zero-order valence-electron chi connectivity index (χ0n) is 9.50. The normalized spacial score (nSPS) is 12.9. The van der Waals surface area contributed by atoms with Crippen molar-refractivity contribution in [1.82, 2.24) is 5.32 Å². The van der Waals surface area contributed by atoms with E-state index >= 15 is 0 Å². The lowest BCUT2D eigenvalue weighted by Crippen LogP contribution is -2.37. The van der Waals surface area contributed by atoms with Gasteiger partial charge in [-0.05, 0) is 25.1 Å². The summed E-state index contributed by atoms with van der Waals surface area (Å²) in [4.78, 5) is 11.2. The van der Waals surface area contributed by atoms with E-state index in [0.717, 1.165) is 17.4 Å². The number of nitrogens with one attached hydrogen (secondary N) is 1. The van der Waals surface area contributed by atoms with E-state index in [1.165, 1.54) is 13.5 Å². The Morgan fingerprint density at radius 1 is 1.50 bits per heavy atom. The van der Waals surface area contributed by atoms with Crippen LogP contribution in [-0.2, 0) is 9.53 Å². The quantitative estimate of drug-likeness (QED) is 0.520. The van der Waals surface area contributed by atoms with Gasteiger partial charge in [-0.3, -0.25) is 4.79 Å². The summed E-state index contributed by atoms with van der Waals surface area (Å²) in [5, 5.41) is 2.95. The lowest BCUT2D eigenvalue weighted by Gasteiger charge is -2.13. The molecule has 0 bridgehead atoms. The number of carbonyl (C=O) groups is 1. The van der Waals surface area contributed by atoms with Crippen molar-refractivity contribution in [3.05, 3.63) is 0 Å². The highest BCUT2D eigenvalue weighted by molar-refractivity contribution is 7.99. The van der Waals surface area contributed by atoms with Gasteiger partial charge in [-0.2, -0.15) is 11.8 Å². The van der Waals surface area contributed by atoms with Crippen LogP contribution in [0.5, 0.6) is 0 Å². The first-order valence-electron chi connectivity index (χ1n) is 4.94. The Bertz CT molecular complexity index is 162. The molecule has 4 heteroatoms. The Labute approximate surface area is 91.0 Å². The van der Waals surface area contributed by atoms with Gasteiger partial charge >= 0.3 is 5.97 Å². The van der Waals surface area contributed by atoms with Crippen LogP contribution >= 0.6 is 11.8 Å². The molecule has 84 valence electrons. The molecular weight excluding hydrogens is 198 g/mol. The maximum Gasteiger partial charge on any atom is 0.323 e. The third-order valence-corrected chi connectivity index (χ3v) is 3.05. The van der Waals surface area contributed by atoms with Gasteiger partial charge in [0.25, 0.3) is 0 Å². The van der Waals surface area contributed by atoms with Crippen molar-refractivity contribution in [3.8, 4) is 0 Å². The van der Waals surface area contributed by atoms with E-state index in [2.05, 4.69) is 23.9 Å². The zero-order chi connectivity index (χ0) is 11.0. The Balaban J connectivity index is 3.58. The van der Waals surface area contributed by atoms with Crippen molar-refractivity contribution in [2.75, 3.05) is 25.7 Å². The summed E-state index contributed by atoms with van der Waals surface area (Å²) in [6.45, 7) is 4.41. The fourth-order valence-corrected chi connectivity index (χ4v) is 2.27. The molecule has 0 saturated heterocycles. The summed E-state index contributed by atoms with van der Waals surface area (Å²) in [6, 6.07) is -0.169. The first-order valence-corrected chi connectivity index (χ1v) is 6.10. The fourth-order valence-electron chi connectivity index (χ4n) is 0.932. The van der Waals surface area contributed by atoms with Crippen LogP contribution in [0.1, 0.15) is 20.3 Å². The first-order chi connectivity index (χ1) is 6.61. The molecular formula is C10H21NO2S. The summed E-state index contributed by atoms with van der Waals surface area (Å²) in [6.07, 6.45) is 1.20. The minimum atomic E-state index is -0.176. The predicted octanol–water partition coefficient (Wildman–Crippen LogP) is 1.53. The lowest BCUT2D eigenvalue weighted by molar-refractivity contribution is -0.142. The van der Waals surface area contributed by atoms with E-state index in [4.69, 9.17) is 0 Å². The maximum absolute atomic E-state index is 11.2. The van der Waals surface area contributed by atoms with Gasteiger partial charge in [0.2, 0.25) is 0 Å². The second kappa shape index (κ2) is 8.12. The highest BCUT2D eigenvalue weighted by Crippen LogP contribution is 2.10. The number of ether oxygens (including phenoxy) is 1. The van der Waals surface area contributed by atoms with Gasteiger partial charge in [0, 0.05) is 5.75 Å². The summed E-state index contributed by atoms with van der Waals surface area (Å²) in [5.41, 5.74) is 0. The van der Waals surface area contributed by atoms with E-state index < -0.39 is 0 Å². The molecule has 0 spiro atoms. The summed E-state index contributed by atoms with van der Waals surface area (Å²) >= 11 is 1.79. The number of hydrogen-bond donors (Lipinski definition) is 1. The number of thioether (sulfide) groups is 1. The van der Waals surface area contributed by atoms with Crippen molar-refractivity contribution in [1.29, 1.82) is 0 Å². The average Bonchev–Trinajstić information content (AvgIpc) is 2.16. The maximum atomic E-state index is 11.2. The highest BCUT2D eigenvalue weighted by atomic mass is 32.2. The smallest absolute Gasteiger partial charge is 0.323 e. The molecule has 0 aromatic heterocycles. The highest BCUT2D eigenvalue weighted by Gasteiger charge is 2.15. The van der Waals surface area contributed by atoms with Crippen LogP contribution in [0.4, 0.5) is 0 Å². The number of rotatable bonds is 7. The number of likely N-dealkylation sites (N-methyl/N-ethyl adjacent to an activating group) is 1. The minimum absolute atomic E-state index is 0.169. The molecule has 14 heavy (non-hydrogen) atoms. The number of methoxy groups -OCH3 is 1. The van der Waals surface area contributed by atoms with E-state index in [1.54, 1.807) is 18.8 Å². The van der Waals surface area contributed by atoms with Crippen LogP contribution < -0.4 is 5.32 Å². The van der Waals surface area contributed by atoms with E-state index in [1.807, 2.05) is 0 Å². The van der Waals surface area contributed by atoms with Gasteiger partial charge in [0.1, 0.15) is 6.04 Å². The monoisotopic (exact) mass is 219 g/mol. The fraction of sp³-hybridized carbons (Fsp3) is 0.900. The predicted molar refractivity (Wildman–Crippen MR) is 61.6 cm³/mol. The minimum Gasteiger partial charge on any atom is -0.468 e. The van der Waals surface area contributed by atoms with Gasteiger partial charge < -0.3 is 10.1 Å². The molecule has 0 aliphatic heterocycles. The zero-order valence-corrected chi connectivity index (χ0v) is 10.3. The molecule has 1 unspecified atom stereocenters. The van der Waals surface area contributed by atoms with Gasteiger partial charge in [-0.15, -0.1) is 0 Å². The van der Waals surface area contributed by atoms with Crippen LogP contribution in [0.2, 0.25) is 0 Å². The lowest BCUT2D eigenvalue weighted by atomic mass is 10.2. The summed E-state index contributed by atoms with van der Waals surface area (Å²) in [7, 11) is 3.20. The van der Waals surface area contributed by atoms with Crippen molar-refractivity contribution in [2.24, 2.45) is 5.92 Å². The SMILES string of the molecule is CNC(CSCCC(C)C)C(=O)OC. The van der Waals surface area contributed by atoms with Crippen molar-refractivity contribution in [3.63, 3.8) is 0 Å².